The lowest BCUT2D eigenvalue weighted by atomic mass is 9.86. The van der Waals surface area contributed by atoms with Crippen LogP contribution in [0.25, 0.3) is 98.8 Å². The van der Waals surface area contributed by atoms with Crippen LogP contribution in [0.15, 0.2) is 297 Å². The van der Waals surface area contributed by atoms with Crippen LogP contribution in [0, 0.1) is 0 Å². The molecule has 0 saturated heterocycles. The van der Waals surface area contributed by atoms with Crippen molar-refractivity contribution < 1.29 is 0 Å². The van der Waals surface area contributed by atoms with E-state index in [0.29, 0.717) is 5.92 Å². The summed E-state index contributed by atoms with van der Waals surface area (Å²) in [6.45, 7) is 4.65. The van der Waals surface area contributed by atoms with Gasteiger partial charge in [0.2, 0.25) is 0 Å². The third-order valence-corrected chi connectivity index (χ3v) is 17.1. The van der Waals surface area contributed by atoms with E-state index in [4.69, 9.17) is 0 Å². The summed E-state index contributed by atoms with van der Waals surface area (Å²) in [6, 6.07) is 109. The number of nitrogens with zero attached hydrogens (tertiary/aromatic N) is 4. The Kier molecular flexibility index (Phi) is 12.5. The van der Waals surface area contributed by atoms with Gasteiger partial charge in [-0.05, 0) is 189 Å². The molecule has 0 radical (unpaired) electrons. The molecule has 1 unspecified atom stereocenters. The number of fused-ring (bicyclic) bond motifs is 8. The zero-order valence-corrected chi connectivity index (χ0v) is 46.6. The van der Waals surface area contributed by atoms with Crippen molar-refractivity contribution in [1.82, 2.24) is 9.13 Å². The molecule has 0 saturated carbocycles. The molecular formula is C79H60N4. The van der Waals surface area contributed by atoms with Crippen LogP contribution in [0.5, 0.6) is 0 Å². The minimum Gasteiger partial charge on any atom is -0.310 e. The highest BCUT2D eigenvalue weighted by atomic mass is 15.1. The summed E-state index contributed by atoms with van der Waals surface area (Å²) in [7, 11) is 0. The van der Waals surface area contributed by atoms with Gasteiger partial charge in [0.1, 0.15) is 0 Å². The van der Waals surface area contributed by atoms with E-state index in [0.717, 1.165) is 58.3 Å². The Morgan fingerprint density at radius 3 is 1.01 bits per heavy atom. The first-order valence-electron chi connectivity index (χ1n) is 29.1. The van der Waals surface area contributed by atoms with Gasteiger partial charge in [-0.1, -0.05) is 190 Å². The lowest BCUT2D eigenvalue weighted by Crippen LogP contribution is -2.09. The monoisotopic (exact) mass is 1060 g/mol. The Morgan fingerprint density at radius 1 is 0.289 bits per heavy atom. The Morgan fingerprint density at radius 2 is 0.614 bits per heavy atom. The molecule has 15 rings (SSSR count). The quantitative estimate of drug-likeness (QED) is 0.107. The van der Waals surface area contributed by atoms with Crippen LogP contribution in [-0.4, -0.2) is 9.13 Å². The summed E-state index contributed by atoms with van der Waals surface area (Å²) in [6.07, 6.45) is 2.30. The first kappa shape index (κ1) is 49.6. The summed E-state index contributed by atoms with van der Waals surface area (Å²) in [4.78, 5) is 4.71. The Bertz CT molecular complexity index is 4710. The number of hydrogen-bond acceptors (Lipinski definition) is 2. The Hall–Kier alpha value is -10.4. The van der Waals surface area contributed by atoms with E-state index >= 15 is 0 Å². The van der Waals surface area contributed by atoms with Gasteiger partial charge < -0.3 is 18.9 Å². The van der Waals surface area contributed by atoms with Crippen LogP contribution >= 0.6 is 0 Å². The molecule has 2 aromatic heterocycles. The van der Waals surface area contributed by atoms with Crippen molar-refractivity contribution in [2.24, 2.45) is 0 Å². The highest BCUT2D eigenvalue weighted by Gasteiger charge is 2.22. The predicted molar refractivity (Wildman–Crippen MR) is 354 cm³/mol. The molecule has 15 aromatic rings. The standard InChI is InChI=1S/C79H60N4/c1-3-22-54(2)57-41-48-75-71(51-57)73-53-65(81(60-27-12-6-13-28-60)61-29-14-7-15-30-61)47-50-77(73)83(75)63-44-39-56(40-45-63)79-69-34-18-16-32-67(69)78(68-33-17-19-35-70(68)79)55-37-42-62(43-38-55)82-74-36-21-20-31-66(74)72-52-64(46-49-76(72)82)80(58-23-8-4-9-24-58)59-25-10-5-11-26-59/h4-21,23-54H,3,22H2,1-2H3. The molecule has 0 aliphatic heterocycles. The second-order valence-electron chi connectivity index (χ2n) is 22.0. The number of para-hydroxylation sites is 5. The first-order chi connectivity index (χ1) is 41.1. The Labute approximate surface area is 484 Å². The van der Waals surface area contributed by atoms with Gasteiger partial charge in [-0.3, -0.25) is 0 Å². The summed E-state index contributed by atoms with van der Waals surface area (Å²) < 4.78 is 4.89. The summed E-state index contributed by atoms with van der Waals surface area (Å²) in [5.41, 5.74) is 20.0. The van der Waals surface area contributed by atoms with Gasteiger partial charge in [0.05, 0.1) is 22.1 Å². The van der Waals surface area contributed by atoms with E-state index in [-0.39, 0.29) is 0 Å². The summed E-state index contributed by atoms with van der Waals surface area (Å²) in [5.74, 6) is 0.463. The number of rotatable bonds is 13. The second kappa shape index (κ2) is 20.9. The van der Waals surface area contributed by atoms with Gasteiger partial charge in [-0.25, -0.2) is 0 Å². The number of benzene rings is 13. The molecule has 2 heterocycles. The largest absolute Gasteiger partial charge is 0.310 e. The minimum atomic E-state index is 0.463. The molecule has 0 aliphatic rings. The van der Waals surface area contributed by atoms with Crippen LogP contribution in [0.3, 0.4) is 0 Å². The SMILES string of the molecule is CCCC(C)c1ccc2c(c1)c1cc(N(c3ccccc3)c3ccccc3)ccc1n2-c1ccc(-c2c3ccccc3c(-c3ccc(-n4c5ccccc5c5cc(N(c6ccccc6)c6ccccc6)ccc54)cc3)c3ccccc23)cc1. The van der Waals surface area contributed by atoms with E-state index in [9.17, 15) is 0 Å². The van der Waals surface area contributed by atoms with Gasteiger partial charge >= 0.3 is 0 Å². The maximum absolute atomic E-state index is 2.47. The molecule has 396 valence electrons. The van der Waals surface area contributed by atoms with Gasteiger partial charge in [-0.15, -0.1) is 0 Å². The number of hydrogen-bond donors (Lipinski definition) is 0. The van der Waals surface area contributed by atoms with Crippen molar-refractivity contribution in [2.45, 2.75) is 32.6 Å². The van der Waals surface area contributed by atoms with Crippen molar-refractivity contribution in [3.63, 3.8) is 0 Å². The molecule has 0 fully saturated rings. The lowest BCUT2D eigenvalue weighted by Gasteiger charge is -2.25. The molecule has 0 N–H and O–H groups in total. The van der Waals surface area contributed by atoms with E-state index in [2.05, 4.69) is 330 Å². The predicted octanol–water partition coefficient (Wildman–Crippen LogP) is 22.4. The molecule has 83 heavy (non-hydrogen) atoms. The highest BCUT2D eigenvalue weighted by molar-refractivity contribution is 6.21. The molecule has 4 heteroatoms. The molecule has 0 spiro atoms. The van der Waals surface area contributed by atoms with Gasteiger partial charge in [-0.2, -0.15) is 0 Å². The fraction of sp³-hybridized carbons (Fsp3) is 0.0633. The maximum Gasteiger partial charge on any atom is 0.0542 e. The van der Waals surface area contributed by atoms with Crippen LogP contribution < -0.4 is 9.80 Å². The zero-order chi connectivity index (χ0) is 55.4. The normalized spacial score (nSPS) is 12.0. The van der Waals surface area contributed by atoms with E-state index < -0.39 is 0 Å². The summed E-state index contributed by atoms with van der Waals surface area (Å²) >= 11 is 0. The molecule has 0 aliphatic carbocycles. The van der Waals surface area contributed by atoms with Gasteiger partial charge in [0, 0.05) is 67.0 Å². The Balaban J connectivity index is 0.822. The zero-order valence-electron chi connectivity index (χ0n) is 46.6. The van der Waals surface area contributed by atoms with Crippen molar-refractivity contribution >= 4 is 99.3 Å². The number of aromatic nitrogens is 2. The summed E-state index contributed by atoms with van der Waals surface area (Å²) in [5, 5.41) is 9.87. The van der Waals surface area contributed by atoms with E-state index in [1.54, 1.807) is 0 Å². The van der Waals surface area contributed by atoms with Gasteiger partial charge in [0.25, 0.3) is 0 Å². The van der Waals surface area contributed by atoms with Crippen molar-refractivity contribution in [3.05, 3.63) is 303 Å². The molecule has 0 bridgehead atoms. The highest BCUT2D eigenvalue weighted by Crippen LogP contribution is 2.46. The second-order valence-corrected chi connectivity index (χ2v) is 22.0. The third kappa shape index (κ3) is 8.61. The lowest BCUT2D eigenvalue weighted by molar-refractivity contribution is 0.665. The van der Waals surface area contributed by atoms with Crippen LogP contribution in [0.4, 0.5) is 34.1 Å². The maximum atomic E-state index is 2.47. The molecule has 4 nitrogen and oxygen atoms in total. The van der Waals surface area contributed by atoms with Crippen molar-refractivity contribution in [3.8, 4) is 33.6 Å². The molecule has 1 atom stereocenters. The average Bonchev–Trinajstić information content (AvgIpc) is 2.81. The van der Waals surface area contributed by atoms with Crippen molar-refractivity contribution in [2.75, 3.05) is 9.80 Å². The fourth-order valence-corrected chi connectivity index (χ4v) is 13.2. The van der Waals surface area contributed by atoms with Crippen LogP contribution in [0.1, 0.15) is 38.2 Å². The minimum absolute atomic E-state index is 0.463. The smallest absolute Gasteiger partial charge is 0.0542 e. The van der Waals surface area contributed by atoms with Crippen LogP contribution in [0.2, 0.25) is 0 Å². The first-order valence-corrected chi connectivity index (χ1v) is 29.1. The third-order valence-electron chi connectivity index (χ3n) is 17.1. The van der Waals surface area contributed by atoms with E-state index in [1.165, 1.54) is 93.0 Å². The molecule has 13 aromatic carbocycles. The van der Waals surface area contributed by atoms with Crippen LogP contribution in [-0.2, 0) is 0 Å². The van der Waals surface area contributed by atoms with E-state index in [1.807, 2.05) is 0 Å². The van der Waals surface area contributed by atoms with Crippen molar-refractivity contribution in [1.29, 1.82) is 0 Å². The number of anilines is 6. The fourth-order valence-electron chi connectivity index (χ4n) is 13.2. The average molecular weight is 1070 g/mol. The van der Waals surface area contributed by atoms with Gasteiger partial charge in [0.15, 0.2) is 0 Å². The molecule has 0 amide bonds. The molecular weight excluding hydrogens is 1000 g/mol. The topological polar surface area (TPSA) is 16.3 Å².